The van der Waals surface area contributed by atoms with Crippen LogP contribution in [0.1, 0.15) is 62.3 Å². The predicted octanol–water partition coefficient (Wildman–Crippen LogP) is 5.37. The fourth-order valence-corrected chi connectivity index (χ4v) is 5.21. The molecular weight excluding hydrogens is 406 g/mol. The normalized spacial score (nSPS) is 13.4. The van der Waals surface area contributed by atoms with Crippen molar-refractivity contribution in [2.45, 2.75) is 39.7 Å². The van der Waals surface area contributed by atoms with Crippen molar-refractivity contribution in [2.24, 2.45) is 0 Å². The monoisotopic (exact) mass is 433 g/mol. The molecule has 160 valence electrons. The summed E-state index contributed by atoms with van der Waals surface area (Å²) in [6.07, 6.45) is 2.07. The predicted molar refractivity (Wildman–Crippen MR) is 127 cm³/mol. The number of aromatic nitrogens is 2. The van der Waals surface area contributed by atoms with Crippen molar-refractivity contribution in [2.75, 3.05) is 6.54 Å². The smallest absolute Gasteiger partial charge is 0.195 e. The van der Waals surface area contributed by atoms with Crippen molar-refractivity contribution in [3.63, 3.8) is 0 Å². The third-order valence-corrected chi connectivity index (χ3v) is 6.93. The standard InChI is InChI=1S/C25H27N3O2S/c1-14-23(17(4)29)15(2)28-24(14)25(30)16(3)26-13-20(22-10-7-11-31-22)19-12-27-21-9-6-5-8-18(19)21/h5-12,16,20,26-28H,13H2,1-4H3/t16-,20-/m1/s1. The number of hydrogen-bond acceptors (Lipinski definition) is 4. The summed E-state index contributed by atoms with van der Waals surface area (Å²) in [5.41, 5.74) is 4.94. The number of H-pyrrole nitrogens is 2. The van der Waals surface area contributed by atoms with Crippen molar-refractivity contribution < 1.29 is 9.59 Å². The number of thiophene rings is 1. The van der Waals surface area contributed by atoms with E-state index in [0.29, 0.717) is 17.8 Å². The summed E-state index contributed by atoms with van der Waals surface area (Å²) in [6, 6.07) is 12.1. The molecule has 4 rings (SSSR count). The first-order valence-electron chi connectivity index (χ1n) is 10.5. The Bertz CT molecular complexity index is 1230. The van der Waals surface area contributed by atoms with Crippen molar-refractivity contribution in [3.8, 4) is 0 Å². The van der Waals surface area contributed by atoms with Crippen LogP contribution in [-0.4, -0.2) is 34.1 Å². The second kappa shape index (κ2) is 8.65. The van der Waals surface area contributed by atoms with Crippen LogP contribution in [0.15, 0.2) is 48.0 Å². The Labute approximate surface area is 185 Å². The molecule has 0 bridgehead atoms. The molecule has 4 aromatic rings. The summed E-state index contributed by atoms with van der Waals surface area (Å²) < 4.78 is 0. The zero-order valence-corrected chi connectivity index (χ0v) is 19.0. The van der Waals surface area contributed by atoms with Crippen molar-refractivity contribution >= 4 is 33.8 Å². The van der Waals surface area contributed by atoms with E-state index in [2.05, 4.69) is 51.1 Å². The number of ketones is 2. The molecule has 3 N–H and O–H groups in total. The maximum Gasteiger partial charge on any atom is 0.195 e. The number of carbonyl (C=O) groups is 2. The van der Waals surface area contributed by atoms with Gasteiger partial charge in [0.1, 0.15) is 0 Å². The molecule has 0 aliphatic rings. The Balaban J connectivity index is 1.57. The average molecular weight is 434 g/mol. The molecule has 0 radical (unpaired) electrons. The van der Waals surface area contributed by atoms with Gasteiger partial charge in [-0.15, -0.1) is 11.3 Å². The molecule has 0 spiro atoms. The summed E-state index contributed by atoms with van der Waals surface area (Å²) in [5, 5.41) is 6.73. The molecule has 31 heavy (non-hydrogen) atoms. The zero-order valence-electron chi connectivity index (χ0n) is 18.2. The molecule has 0 amide bonds. The third kappa shape index (κ3) is 4.01. The maximum absolute atomic E-state index is 13.1. The van der Waals surface area contributed by atoms with E-state index in [0.717, 1.165) is 16.8 Å². The molecule has 6 heteroatoms. The van der Waals surface area contributed by atoms with Gasteiger partial charge >= 0.3 is 0 Å². The van der Waals surface area contributed by atoms with Crippen molar-refractivity contribution in [1.29, 1.82) is 0 Å². The number of benzene rings is 1. The van der Waals surface area contributed by atoms with Crippen LogP contribution < -0.4 is 5.32 Å². The molecule has 0 aliphatic heterocycles. The molecule has 0 unspecified atom stereocenters. The number of carbonyl (C=O) groups excluding carboxylic acids is 2. The average Bonchev–Trinajstić information content (AvgIpc) is 3.47. The first-order valence-corrected chi connectivity index (χ1v) is 11.3. The van der Waals surface area contributed by atoms with Crippen LogP contribution in [0.3, 0.4) is 0 Å². The van der Waals surface area contributed by atoms with Gasteiger partial charge in [0.15, 0.2) is 11.6 Å². The van der Waals surface area contributed by atoms with E-state index in [4.69, 9.17) is 0 Å². The van der Waals surface area contributed by atoms with E-state index in [9.17, 15) is 9.59 Å². The molecule has 2 atom stereocenters. The molecule has 0 saturated carbocycles. The molecule has 1 aromatic carbocycles. The number of para-hydroxylation sites is 1. The molecule has 0 aliphatic carbocycles. The van der Waals surface area contributed by atoms with Crippen LogP contribution >= 0.6 is 11.3 Å². The molecule has 3 aromatic heterocycles. The fraction of sp³-hybridized carbons (Fsp3) is 0.280. The Hall–Kier alpha value is -2.96. The van der Waals surface area contributed by atoms with Gasteiger partial charge in [-0.3, -0.25) is 9.59 Å². The van der Waals surface area contributed by atoms with Gasteiger partial charge in [0.05, 0.1) is 11.7 Å². The van der Waals surface area contributed by atoms with Gasteiger partial charge in [-0.2, -0.15) is 0 Å². The summed E-state index contributed by atoms with van der Waals surface area (Å²) in [5.74, 6) is 0.0746. The lowest BCUT2D eigenvalue weighted by Gasteiger charge is -2.19. The van der Waals surface area contributed by atoms with Gasteiger partial charge in [-0.05, 0) is 56.3 Å². The molecule has 3 heterocycles. The molecule has 0 saturated heterocycles. The Morgan fingerprint density at radius 3 is 2.58 bits per heavy atom. The van der Waals surface area contributed by atoms with E-state index in [1.807, 2.05) is 32.9 Å². The SMILES string of the molecule is CC(=O)c1c(C)[nH]c(C(=O)[C@@H](C)NC[C@@H](c2cccs2)c2c[nH]c3ccccc23)c1C. The van der Waals surface area contributed by atoms with Crippen LogP contribution in [0.5, 0.6) is 0 Å². The van der Waals surface area contributed by atoms with Crippen LogP contribution in [0.25, 0.3) is 10.9 Å². The number of fused-ring (bicyclic) bond motifs is 1. The first-order chi connectivity index (χ1) is 14.9. The number of aryl methyl sites for hydroxylation is 1. The van der Waals surface area contributed by atoms with Gasteiger partial charge in [-0.1, -0.05) is 24.3 Å². The lowest BCUT2D eigenvalue weighted by Crippen LogP contribution is -2.37. The topological polar surface area (TPSA) is 77.8 Å². The lowest BCUT2D eigenvalue weighted by molar-refractivity contribution is 0.0945. The third-order valence-electron chi connectivity index (χ3n) is 5.94. The van der Waals surface area contributed by atoms with Crippen LogP contribution in [0, 0.1) is 13.8 Å². The Morgan fingerprint density at radius 2 is 1.90 bits per heavy atom. The quantitative estimate of drug-likeness (QED) is 0.327. The minimum Gasteiger partial charge on any atom is -0.361 e. The number of hydrogen-bond donors (Lipinski definition) is 3. The second-order valence-corrected chi connectivity index (χ2v) is 9.01. The summed E-state index contributed by atoms with van der Waals surface area (Å²) in [6.45, 7) is 7.72. The molecule has 5 nitrogen and oxygen atoms in total. The number of Topliss-reactive ketones (excluding diaryl/α,β-unsaturated/α-hetero) is 2. The maximum atomic E-state index is 13.1. The van der Waals surface area contributed by atoms with Gasteiger partial charge in [-0.25, -0.2) is 0 Å². The Morgan fingerprint density at radius 1 is 1.13 bits per heavy atom. The van der Waals surface area contributed by atoms with Crippen molar-refractivity contribution in [3.05, 3.63) is 80.9 Å². The van der Waals surface area contributed by atoms with Gasteiger partial charge in [0, 0.05) is 45.7 Å². The number of rotatable bonds is 8. The second-order valence-electron chi connectivity index (χ2n) is 8.03. The highest BCUT2D eigenvalue weighted by atomic mass is 32.1. The van der Waals surface area contributed by atoms with E-state index in [1.165, 1.54) is 22.8 Å². The summed E-state index contributed by atoms with van der Waals surface area (Å²) >= 11 is 1.72. The van der Waals surface area contributed by atoms with E-state index in [-0.39, 0.29) is 23.5 Å². The van der Waals surface area contributed by atoms with E-state index >= 15 is 0 Å². The van der Waals surface area contributed by atoms with Crippen LogP contribution in [0.4, 0.5) is 0 Å². The van der Waals surface area contributed by atoms with E-state index < -0.39 is 0 Å². The number of aromatic amines is 2. The summed E-state index contributed by atoms with van der Waals surface area (Å²) in [7, 11) is 0. The highest BCUT2D eigenvalue weighted by molar-refractivity contribution is 7.10. The van der Waals surface area contributed by atoms with Gasteiger partial charge in [0.25, 0.3) is 0 Å². The fourth-order valence-electron chi connectivity index (χ4n) is 4.36. The molecular formula is C25H27N3O2S. The minimum atomic E-state index is -0.385. The largest absolute Gasteiger partial charge is 0.361 e. The van der Waals surface area contributed by atoms with Gasteiger partial charge < -0.3 is 15.3 Å². The Kier molecular flexibility index (Phi) is 5.94. The van der Waals surface area contributed by atoms with Crippen molar-refractivity contribution in [1.82, 2.24) is 15.3 Å². The van der Waals surface area contributed by atoms with Crippen LogP contribution in [0.2, 0.25) is 0 Å². The minimum absolute atomic E-state index is 0.0250. The summed E-state index contributed by atoms with van der Waals surface area (Å²) in [4.78, 5) is 32.8. The first kappa shape index (κ1) is 21.3. The molecule has 0 fully saturated rings. The van der Waals surface area contributed by atoms with Gasteiger partial charge in [0.2, 0.25) is 0 Å². The van der Waals surface area contributed by atoms with Crippen LogP contribution in [-0.2, 0) is 0 Å². The number of nitrogens with one attached hydrogen (secondary N) is 3. The highest BCUT2D eigenvalue weighted by Gasteiger charge is 2.25. The highest BCUT2D eigenvalue weighted by Crippen LogP contribution is 2.33. The zero-order chi connectivity index (χ0) is 22.1. The lowest BCUT2D eigenvalue weighted by atomic mass is 9.96. The van der Waals surface area contributed by atoms with E-state index in [1.54, 1.807) is 11.3 Å².